The molecule has 1 fully saturated rings. The van der Waals surface area contributed by atoms with Gasteiger partial charge >= 0.3 is 5.97 Å². The van der Waals surface area contributed by atoms with Crippen molar-refractivity contribution < 1.29 is 19.8 Å². The Labute approximate surface area is 75.7 Å². The van der Waals surface area contributed by atoms with E-state index in [-0.39, 0.29) is 11.8 Å². The van der Waals surface area contributed by atoms with Crippen molar-refractivity contribution in [3.05, 3.63) is 0 Å². The van der Waals surface area contributed by atoms with Crippen molar-refractivity contribution in [2.24, 2.45) is 5.92 Å². The van der Waals surface area contributed by atoms with Crippen LogP contribution in [-0.4, -0.2) is 34.2 Å². The minimum absolute atomic E-state index is 0.0411. The van der Waals surface area contributed by atoms with Crippen molar-refractivity contribution >= 4 is 11.9 Å². The first-order chi connectivity index (χ1) is 6.02. The molecule has 0 unspecified atom stereocenters. The number of carboxylic acids is 1. The van der Waals surface area contributed by atoms with Crippen LogP contribution in [0, 0.1) is 5.92 Å². The van der Waals surface area contributed by atoms with E-state index in [9.17, 15) is 9.59 Å². The molecule has 0 heterocycles. The molecule has 1 amide bonds. The van der Waals surface area contributed by atoms with Gasteiger partial charge in [0.25, 0.3) is 0 Å². The Hall–Kier alpha value is -1.10. The Morgan fingerprint density at radius 1 is 1.46 bits per heavy atom. The lowest BCUT2D eigenvalue weighted by Crippen LogP contribution is -2.48. The topological polar surface area (TPSA) is 86.6 Å². The van der Waals surface area contributed by atoms with Crippen molar-refractivity contribution in [3.63, 3.8) is 0 Å². The van der Waals surface area contributed by atoms with Gasteiger partial charge in [0.05, 0.1) is 6.10 Å². The molecule has 0 spiro atoms. The molecule has 0 saturated heterocycles. The fourth-order valence-electron chi connectivity index (χ4n) is 1.01. The first-order valence-corrected chi connectivity index (χ1v) is 4.23. The van der Waals surface area contributed by atoms with Crippen LogP contribution in [0.4, 0.5) is 0 Å². The number of aliphatic hydroxyl groups is 1. The lowest BCUT2D eigenvalue weighted by molar-refractivity contribution is -0.145. The lowest BCUT2D eigenvalue weighted by Gasteiger charge is -2.16. The minimum Gasteiger partial charge on any atom is -0.480 e. The van der Waals surface area contributed by atoms with Crippen molar-refractivity contribution in [1.29, 1.82) is 0 Å². The molecule has 0 aromatic heterocycles. The van der Waals surface area contributed by atoms with Crippen LogP contribution in [0.3, 0.4) is 0 Å². The second-order valence-corrected chi connectivity index (χ2v) is 3.34. The Morgan fingerprint density at radius 2 is 2.00 bits per heavy atom. The molecule has 0 aromatic carbocycles. The predicted octanol–water partition coefficient (Wildman–Crippen LogP) is -0.653. The zero-order valence-electron chi connectivity index (χ0n) is 7.36. The summed E-state index contributed by atoms with van der Waals surface area (Å²) in [6, 6.07) is -1.19. The maximum atomic E-state index is 11.1. The van der Waals surface area contributed by atoms with Gasteiger partial charge in [0.15, 0.2) is 6.04 Å². The van der Waals surface area contributed by atoms with Crippen molar-refractivity contribution in [3.8, 4) is 0 Å². The van der Waals surface area contributed by atoms with Gasteiger partial charge in [-0.05, 0) is 19.8 Å². The number of carboxylic acid groups (broad SMARTS) is 1. The number of hydrogen-bond donors (Lipinski definition) is 3. The van der Waals surface area contributed by atoms with E-state index in [1.165, 1.54) is 6.92 Å². The number of carbonyl (C=O) groups excluding carboxylic acids is 1. The number of aliphatic hydroxyl groups excluding tert-OH is 1. The first kappa shape index (κ1) is 9.98. The van der Waals surface area contributed by atoms with Crippen LogP contribution in [0.2, 0.25) is 0 Å². The normalized spacial score (nSPS) is 20.5. The summed E-state index contributed by atoms with van der Waals surface area (Å²) >= 11 is 0. The molecule has 2 atom stereocenters. The third-order valence-electron chi connectivity index (χ3n) is 1.99. The van der Waals surface area contributed by atoms with E-state index in [0.29, 0.717) is 0 Å². The van der Waals surface area contributed by atoms with Gasteiger partial charge in [-0.25, -0.2) is 4.79 Å². The number of aliphatic carboxylic acids is 1. The highest BCUT2D eigenvalue weighted by molar-refractivity contribution is 5.86. The Bertz CT molecular complexity index is 222. The Balaban J connectivity index is 2.46. The standard InChI is InChI=1S/C8H13NO4/c1-4(10)6(8(12)13)9-7(11)5-2-3-5/h4-6,10H,2-3H2,1H3,(H,9,11)(H,12,13)/t4-,6-/m0/s1. The highest BCUT2D eigenvalue weighted by Crippen LogP contribution is 2.28. The van der Waals surface area contributed by atoms with Crippen LogP contribution < -0.4 is 5.32 Å². The van der Waals surface area contributed by atoms with Gasteiger partial charge in [-0.1, -0.05) is 0 Å². The Morgan fingerprint density at radius 3 is 2.31 bits per heavy atom. The zero-order valence-corrected chi connectivity index (χ0v) is 7.36. The van der Waals surface area contributed by atoms with E-state index in [1.807, 2.05) is 0 Å². The van der Waals surface area contributed by atoms with E-state index in [0.717, 1.165) is 12.8 Å². The van der Waals surface area contributed by atoms with Crippen molar-refractivity contribution in [2.75, 3.05) is 0 Å². The molecule has 1 aliphatic carbocycles. The van der Waals surface area contributed by atoms with E-state index in [2.05, 4.69) is 5.32 Å². The zero-order chi connectivity index (χ0) is 10.0. The molecule has 0 radical (unpaired) electrons. The minimum atomic E-state index is -1.20. The molecular formula is C8H13NO4. The van der Waals surface area contributed by atoms with Gasteiger partial charge in [0.2, 0.25) is 5.91 Å². The second-order valence-electron chi connectivity index (χ2n) is 3.34. The fraction of sp³-hybridized carbons (Fsp3) is 0.750. The quantitative estimate of drug-likeness (QED) is 0.545. The lowest BCUT2D eigenvalue weighted by atomic mass is 10.2. The summed E-state index contributed by atoms with van der Waals surface area (Å²) in [6.07, 6.45) is 0.566. The maximum Gasteiger partial charge on any atom is 0.328 e. The van der Waals surface area contributed by atoms with Crippen LogP contribution in [0.5, 0.6) is 0 Å². The van der Waals surface area contributed by atoms with Crippen LogP contribution in [0.1, 0.15) is 19.8 Å². The van der Waals surface area contributed by atoms with Crippen LogP contribution in [0.15, 0.2) is 0 Å². The maximum absolute atomic E-state index is 11.1. The monoisotopic (exact) mass is 187 g/mol. The molecule has 5 nitrogen and oxygen atoms in total. The predicted molar refractivity (Wildman–Crippen MR) is 44.0 cm³/mol. The SMILES string of the molecule is C[C@H](O)[C@H](NC(=O)C1CC1)C(=O)O. The summed E-state index contributed by atoms with van der Waals surface area (Å²) in [5.74, 6) is -1.52. The van der Waals surface area contributed by atoms with Crippen LogP contribution in [0.25, 0.3) is 0 Å². The average Bonchev–Trinajstić information content (AvgIpc) is 2.80. The molecule has 0 aliphatic heterocycles. The summed E-state index contributed by atoms with van der Waals surface area (Å²) in [5.41, 5.74) is 0. The molecule has 5 heteroatoms. The van der Waals surface area contributed by atoms with Gasteiger partial charge in [0, 0.05) is 5.92 Å². The van der Waals surface area contributed by atoms with Gasteiger partial charge < -0.3 is 15.5 Å². The third-order valence-corrected chi connectivity index (χ3v) is 1.99. The van der Waals surface area contributed by atoms with E-state index >= 15 is 0 Å². The smallest absolute Gasteiger partial charge is 0.328 e. The average molecular weight is 187 g/mol. The molecule has 1 aliphatic rings. The van der Waals surface area contributed by atoms with Crippen molar-refractivity contribution in [1.82, 2.24) is 5.32 Å². The molecule has 13 heavy (non-hydrogen) atoms. The first-order valence-electron chi connectivity index (χ1n) is 4.23. The number of rotatable bonds is 4. The molecule has 1 saturated carbocycles. The molecule has 0 bridgehead atoms. The Kier molecular flexibility index (Phi) is 2.87. The highest BCUT2D eigenvalue weighted by atomic mass is 16.4. The number of hydrogen-bond acceptors (Lipinski definition) is 3. The number of amides is 1. The van der Waals surface area contributed by atoms with Gasteiger partial charge in [-0.3, -0.25) is 4.79 Å². The van der Waals surface area contributed by atoms with Gasteiger partial charge in [0.1, 0.15) is 0 Å². The van der Waals surface area contributed by atoms with Gasteiger partial charge in [-0.2, -0.15) is 0 Å². The van der Waals surface area contributed by atoms with E-state index < -0.39 is 18.1 Å². The fourth-order valence-corrected chi connectivity index (χ4v) is 1.01. The molecular weight excluding hydrogens is 174 g/mol. The third kappa shape index (κ3) is 2.69. The van der Waals surface area contributed by atoms with Crippen LogP contribution in [-0.2, 0) is 9.59 Å². The van der Waals surface area contributed by atoms with Crippen molar-refractivity contribution in [2.45, 2.75) is 31.9 Å². The summed E-state index contributed by atoms with van der Waals surface area (Å²) in [7, 11) is 0. The van der Waals surface area contributed by atoms with Gasteiger partial charge in [-0.15, -0.1) is 0 Å². The van der Waals surface area contributed by atoms with Crippen LogP contribution >= 0.6 is 0 Å². The van der Waals surface area contributed by atoms with E-state index in [1.54, 1.807) is 0 Å². The summed E-state index contributed by atoms with van der Waals surface area (Å²) in [6.45, 7) is 1.34. The second kappa shape index (κ2) is 3.74. The molecule has 0 aromatic rings. The summed E-state index contributed by atoms with van der Waals surface area (Å²) in [5, 5.41) is 19.9. The van der Waals surface area contributed by atoms with E-state index in [4.69, 9.17) is 10.2 Å². The number of carbonyl (C=O) groups is 2. The molecule has 3 N–H and O–H groups in total. The highest BCUT2D eigenvalue weighted by Gasteiger charge is 2.33. The molecule has 74 valence electrons. The number of nitrogens with one attached hydrogen (secondary N) is 1. The molecule has 1 rings (SSSR count). The summed E-state index contributed by atoms with van der Waals surface area (Å²) in [4.78, 5) is 21.7. The summed E-state index contributed by atoms with van der Waals surface area (Å²) < 4.78 is 0. The largest absolute Gasteiger partial charge is 0.480 e.